The summed E-state index contributed by atoms with van der Waals surface area (Å²) in [7, 11) is 0. The predicted molar refractivity (Wildman–Crippen MR) is 53.7 cm³/mol. The second-order valence-corrected chi connectivity index (χ2v) is 3.21. The van der Waals surface area contributed by atoms with Gasteiger partial charge in [-0.1, -0.05) is 0 Å². The van der Waals surface area contributed by atoms with E-state index in [9.17, 15) is 9.00 Å². The van der Waals surface area contributed by atoms with Gasteiger partial charge in [0.2, 0.25) is 0 Å². The smallest absolute Gasteiger partial charge is 0.335 e. The third-order valence-electron chi connectivity index (χ3n) is 1.57. The number of rotatable bonds is 5. The van der Waals surface area contributed by atoms with Gasteiger partial charge in [-0.2, -0.15) is 4.21 Å². The molecule has 6 nitrogen and oxygen atoms in total. The fourth-order valence-corrected chi connectivity index (χ4v) is 1.05. The van der Waals surface area contributed by atoms with Gasteiger partial charge in [0, 0.05) is 5.69 Å². The third kappa shape index (κ3) is 4.07. The van der Waals surface area contributed by atoms with Crippen LogP contribution in [0.4, 0.5) is 5.69 Å². The van der Waals surface area contributed by atoms with Gasteiger partial charge in [0.1, 0.15) is 6.73 Å². The molecule has 0 radical (unpaired) electrons. The fraction of sp³-hybridized carbons (Fsp3) is 0.125. The van der Waals surface area contributed by atoms with Gasteiger partial charge < -0.3 is 10.4 Å². The van der Waals surface area contributed by atoms with Gasteiger partial charge in [0.15, 0.2) is 0 Å². The monoisotopic (exact) mass is 231 g/mol. The highest BCUT2D eigenvalue weighted by Gasteiger charge is 2.01. The summed E-state index contributed by atoms with van der Waals surface area (Å²) >= 11 is -2.31. The van der Waals surface area contributed by atoms with E-state index >= 15 is 0 Å². The number of nitrogens with one attached hydrogen (secondary N) is 1. The van der Waals surface area contributed by atoms with Gasteiger partial charge in [-0.25, -0.2) is 8.98 Å². The van der Waals surface area contributed by atoms with Crippen LogP contribution in [0.5, 0.6) is 0 Å². The molecule has 1 atom stereocenters. The second-order valence-electron chi connectivity index (χ2n) is 2.54. The van der Waals surface area contributed by atoms with E-state index in [2.05, 4.69) is 9.50 Å². The molecule has 82 valence electrons. The van der Waals surface area contributed by atoms with E-state index in [1.807, 2.05) is 0 Å². The largest absolute Gasteiger partial charge is 0.478 e. The average molecular weight is 231 g/mol. The summed E-state index contributed by atoms with van der Waals surface area (Å²) in [6.07, 6.45) is 0. The molecule has 0 aromatic heterocycles. The van der Waals surface area contributed by atoms with Crippen molar-refractivity contribution in [3.63, 3.8) is 0 Å². The summed E-state index contributed by atoms with van der Waals surface area (Å²) < 4.78 is 22.7. The SMILES string of the molecule is O=C(O)c1ccc(NCOS(=O)O)cc1. The molecular formula is C8H9NO5S. The number of hydrogen-bond donors (Lipinski definition) is 3. The van der Waals surface area contributed by atoms with Gasteiger partial charge in [-0.15, -0.1) is 0 Å². The van der Waals surface area contributed by atoms with Crippen LogP contribution in [0.1, 0.15) is 10.4 Å². The number of benzene rings is 1. The molecular weight excluding hydrogens is 222 g/mol. The minimum atomic E-state index is -2.31. The zero-order valence-corrected chi connectivity index (χ0v) is 8.36. The van der Waals surface area contributed by atoms with Crippen molar-refractivity contribution in [1.82, 2.24) is 0 Å². The van der Waals surface area contributed by atoms with Gasteiger partial charge in [-0.05, 0) is 24.3 Å². The lowest BCUT2D eigenvalue weighted by Crippen LogP contribution is -2.07. The van der Waals surface area contributed by atoms with Crippen LogP contribution in [0.3, 0.4) is 0 Å². The first-order chi connectivity index (χ1) is 7.09. The van der Waals surface area contributed by atoms with Gasteiger partial charge in [0.05, 0.1) is 5.56 Å². The summed E-state index contributed by atoms with van der Waals surface area (Å²) in [4.78, 5) is 10.5. The Bertz CT molecular complexity index is 364. The van der Waals surface area contributed by atoms with E-state index < -0.39 is 17.3 Å². The van der Waals surface area contributed by atoms with Crippen molar-refractivity contribution in [2.45, 2.75) is 0 Å². The predicted octanol–water partition coefficient (Wildman–Crippen LogP) is 0.907. The summed E-state index contributed by atoms with van der Waals surface area (Å²) in [5.41, 5.74) is 0.776. The lowest BCUT2D eigenvalue weighted by Gasteiger charge is -2.04. The first-order valence-electron chi connectivity index (χ1n) is 3.91. The lowest BCUT2D eigenvalue weighted by atomic mass is 10.2. The minimum Gasteiger partial charge on any atom is -0.478 e. The van der Waals surface area contributed by atoms with Crippen LogP contribution < -0.4 is 5.32 Å². The Labute approximate surface area is 88.4 Å². The second kappa shape index (κ2) is 5.44. The highest BCUT2D eigenvalue weighted by Crippen LogP contribution is 2.09. The summed E-state index contributed by atoms with van der Waals surface area (Å²) in [6, 6.07) is 5.90. The molecule has 3 N–H and O–H groups in total. The van der Waals surface area contributed by atoms with Crippen LogP contribution >= 0.6 is 0 Å². The van der Waals surface area contributed by atoms with E-state index in [4.69, 9.17) is 9.66 Å². The molecule has 0 spiro atoms. The Kier molecular flexibility index (Phi) is 4.22. The highest BCUT2D eigenvalue weighted by molar-refractivity contribution is 7.74. The maximum atomic E-state index is 10.5. The number of hydrogen-bond acceptors (Lipinski definition) is 4. The first kappa shape index (κ1) is 11.6. The quantitative estimate of drug-likeness (QED) is 0.515. The molecule has 0 bridgehead atoms. The van der Waals surface area contributed by atoms with Crippen LogP contribution in [0.15, 0.2) is 24.3 Å². The van der Waals surface area contributed by atoms with Crippen molar-refractivity contribution in [3.05, 3.63) is 29.8 Å². The van der Waals surface area contributed by atoms with Crippen molar-refractivity contribution in [3.8, 4) is 0 Å². The van der Waals surface area contributed by atoms with Crippen molar-refractivity contribution < 1.29 is 22.8 Å². The summed E-state index contributed by atoms with van der Waals surface area (Å²) in [5, 5.41) is 11.3. The molecule has 0 aliphatic heterocycles. The van der Waals surface area contributed by atoms with Crippen molar-refractivity contribution in [2.75, 3.05) is 12.0 Å². The average Bonchev–Trinajstić information content (AvgIpc) is 2.18. The van der Waals surface area contributed by atoms with Crippen LogP contribution in [0.2, 0.25) is 0 Å². The Morgan fingerprint density at radius 2 is 2.00 bits per heavy atom. The van der Waals surface area contributed by atoms with E-state index in [-0.39, 0.29) is 12.3 Å². The minimum absolute atomic E-state index is 0.129. The molecule has 0 amide bonds. The van der Waals surface area contributed by atoms with Crippen LogP contribution in [0, 0.1) is 0 Å². The van der Waals surface area contributed by atoms with Crippen LogP contribution in [-0.4, -0.2) is 26.6 Å². The Morgan fingerprint density at radius 3 is 2.47 bits per heavy atom. The fourth-order valence-electron chi connectivity index (χ4n) is 0.894. The molecule has 0 saturated carbocycles. The summed E-state index contributed by atoms with van der Waals surface area (Å²) in [6.45, 7) is -0.129. The molecule has 1 unspecified atom stereocenters. The van der Waals surface area contributed by atoms with E-state index in [1.54, 1.807) is 0 Å². The van der Waals surface area contributed by atoms with Gasteiger partial charge in [-0.3, -0.25) is 4.55 Å². The molecule has 1 aromatic carbocycles. The topological polar surface area (TPSA) is 95.9 Å². The highest BCUT2D eigenvalue weighted by atomic mass is 32.2. The van der Waals surface area contributed by atoms with Gasteiger partial charge in [0.25, 0.3) is 0 Å². The zero-order valence-electron chi connectivity index (χ0n) is 7.54. The molecule has 7 heteroatoms. The molecule has 15 heavy (non-hydrogen) atoms. The van der Waals surface area contributed by atoms with E-state index in [0.717, 1.165) is 0 Å². The number of carbonyl (C=O) groups is 1. The maximum Gasteiger partial charge on any atom is 0.335 e. The Balaban J connectivity index is 2.50. The normalized spacial score (nSPS) is 12.1. The number of carboxylic acids is 1. The molecule has 0 saturated heterocycles. The third-order valence-corrected chi connectivity index (χ3v) is 1.89. The van der Waals surface area contributed by atoms with Gasteiger partial charge >= 0.3 is 17.3 Å². The molecule has 0 heterocycles. The number of carboxylic acid groups (broad SMARTS) is 1. The molecule has 1 rings (SSSR count). The molecule has 1 aromatic rings. The molecule has 0 aliphatic carbocycles. The van der Waals surface area contributed by atoms with E-state index in [0.29, 0.717) is 5.69 Å². The lowest BCUT2D eigenvalue weighted by molar-refractivity contribution is 0.0697. The zero-order chi connectivity index (χ0) is 11.3. The maximum absolute atomic E-state index is 10.5. The van der Waals surface area contributed by atoms with Crippen LogP contribution in [-0.2, 0) is 15.5 Å². The van der Waals surface area contributed by atoms with Crippen molar-refractivity contribution in [1.29, 1.82) is 0 Å². The molecule has 0 aliphatic rings. The summed E-state index contributed by atoms with van der Waals surface area (Å²) in [5.74, 6) is -1.01. The van der Waals surface area contributed by atoms with E-state index in [1.165, 1.54) is 24.3 Å². The Hall–Kier alpha value is -1.44. The molecule has 0 fully saturated rings. The Morgan fingerprint density at radius 1 is 1.40 bits per heavy atom. The van der Waals surface area contributed by atoms with Crippen molar-refractivity contribution in [2.24, 2.45) is 0 Å². The number of aromatic carboxylic acids is 1. The van der Waals surface area contributed by atoms with Crippen molar-refractivity contribution >= 4 is 23.0 Å². The number of anilines is 1. The first-order valence-corrected chi connectivity index (χ1v) is 4.94. The standard InChI is InChI=1S/C8H9NO5S/c10-8(11)6-1-3-7(4-2-6)9-5-14-15(12)13/h1-4,9H,5H2,(H,10,11)(H,12,13). The van der Waals surface area contributed by atoms with Crippen LogP contribution in [0.25, 0.3) is 0 Å².